The van der Waals surface area contributed by atoms with Crippen LogP contribution in [0.5, 0.6) is 0 Å². The van der Waals surface area contributed by atoms with E-state index in [0.717, 1.165) is 25.6 Å². The van der Waals surface area contributed by atoms with Crippen molar-refractivity contribution in [1.29, 1.82) is 5.26 Å². The van der Waals surface area contributed by atoms with Crippen molar-refractivity contribution in [1.82, 2.24) is 15.3 Å². The molecule has 0 radical (unpaired) electrons. The van der Waals surface area contributed by atoms with Gasteiger partial charge in [-0.05, 0) is 31.4 Å². The number of halogens is 1. The number of fused-ring (bicyclic) bond motifs is 1. The zero-order valence-electron chi connectivity index (χ0n) is 15.3. The van der Waals surface area contributed by atoms with Crippen molar-refractivity contribution in [3.8, 4) is 6.07 Å². The van der Waals surface area contributed by atoms with Crippen LogP contribution in [0, 0.1) is 17.2 Å². The number of alkyl halides is 1. The van der Waals surface area contributed by atoms with Crippen LogP contribution in [0.4, 0.5) is 10.1 Å². The number of piperidine rings is 1. The van der Waals surface area contributed by atoms with Gasteiger partial charge >= 0.3 is 5.97 Å². The SMILES string of the molecule is C[C@H]1C[C@@H](NCC(C)(F)C(=O)O)CN(c2ccc(C#N)c3nccnc23)C1. The highest BCUT2D eigenvalue weighted by molar-refractivity contribution is 5.92. The van der Waals surface area contributed by atoms with Crippen molar-refractivity contribution in [2.45, 2.75) is 32.0 Å². The zero-order valence-corrected chi connectivity index (χ0v) is 15.3. The summed E-state index contributed by atoms with van der Waals surface area (Å²) in [5.41, 5.74) is 0.249. The molecular weight excluding hydrogens is 349 g/mol. The van der Waals surface area contributed by atoms with Crippen molar-refractivity contribution in [2.75, 3.05) is 24.5 Å². The van der Waals surface area contributed by atoms with E-state index in [1.54, 1.807) is 18.5 Å². The van der Waals surface area contributed by atoms with E-state index in [4.69, 9.17) is 5.11 Å². The average molecular weight is 371 g/mol. The minimum Gasteiger partial charge on any atom is -0.479 e. The molecule has 2 aromatic rings. The van der Waals surface area contributed by atoms with Gasteiger partial charge in [0.25, 0.3) is 0 Å². The maximum atomic E-state index is 14.1. The molecular formula is C19H22FN5O2. The molecule has 1 fully saturated rings. The number of nitriles is 1. The molecule has 0 bridgehead atoms. The third-order valence-corrected chi connectivity index (χ3v) is 4.89. The molecule has 0 aliphatic carbocycles. The molecule has 1 aliphatic heterocycles. The topological polar surface area (TPSA) is 102 Å². The fraction of sp³-hybridized carbons (Fsp3) is 0.474. The van der Waals surface area contributed by atoms with Crippen LogP contribution in [0.15, 0.2) is 24.5 Å². The monoisotopic (exact) mass is 371 g/mol. The van der Waals surface area contributed by atoms with Crippen molar-refractivity contribution in [3.63, 3.8) is 0 Å². The fourth-order valence-corrected chi connectivity index (χ4v) is 3.50. The Hall–Kier alpha value is -2.79. The van der Waals surface area contributed by atoms with Crippen LogP contribution in [0.2, 0.25) is 0 Å². The number of aromatic nitrogens is 2. The summed E-state index contributed by atoms with van der Waals surface area (Å²) in [7, 11) is 0. The second-order valence-corrected chi connectivity index (χ2v) is 7.32. The lowest BCUT2D eigenvalue weighted by molar-refractivity contribution is -0.149. The Labute approximate surface area is 156 Å². The summed E-state index contributed by atoms with van der Waals surface area (Å²) in [6.45, 7) is 4.31. The van der Waals surface area contributed by atoms with Crippen LogP contribution in [0.3, 0.4) is 0 Å². The average Bonchev–Trinajstić information content (AvgIpc) is 2.65. The summed E-state index contributed by atoms with van der Waals surface area (Å²) >= 11 is 0. The van der Waals surface area contributed by atoms with E-state index in [2.05, 4.69) is 33.2 Å². The van der Waals surface area contributed by atoms with Crippen molar-refractivity contribution >= 4 is 22.7 Å². The Morgan fingerprint density at radius 1 is 1.41 bits per heavy atom. The molecule has 1 saturated heterocycles. The third kappa shape index (κ3) is 3.98. The van der Waals surface area contributed by atoms with Gasteiger partial charge in [-0.1, -0.05) is 6.92 Å². The molecule has 2 heterocycles. The van der Waals surface area contributed by atoms with Crippen LogP contribution < -0.4 is 10.2 Å². The van der Waals surface area contributed by atoms with Crippen LogP contribution in [0.25, 0.3) is 11.0 Å². The predicted octanol–water partition coefficient (Wildman–Crippen LogP) is 2.12. The molecule has 1 aromatic carbocycles. The maximum absolute atomic E-state index is 14.1. The van der Waals surface area contributed by atoms with E-state index < -0.39 is 11.6 Å². The summed E-state index contributed by atoms with van der Waals surface area (Å²) in [6.07, 6.45) is 3.98. The van der Waals surface area contributed by atoms with Gasteiger partial charge in [0.2, 0.25) is 5.67 Å². The number of aliphatic carboxylic acids is 1. The lowest BCUT2D eigenvalue weighted by Gasteiger charge is -2.39. The van der Waals surface area contributed by atoms with E-state index in [-0.39, 0.29) is 12.6 Å². The zero-order chi connectivity index (χ0) is 19.6. The Bertz CT molecular complexity index is 895. The highest BCUT2D eigenvalue weighted by atomic mass is 19.1. The number of carboxylic acids is 1. The molecule has 0 spiro atoms. The van der Waals surface area contributed by atoms with Crippen LogP contribution in [-0.4, -0.2) is 52.4 Å². The first-order valence-corrected chi connectivity index (χ1v) is 8.86. The van der Waals surface area contributed by atoms with E-state index in [1.807, 2.05) is 6.07 Å². The molecule has 7 nitrogen and oxygen atoms in total. The van der Waals surface area contributed by atoms with E-state index in [0.29, 0.717) is 29.1 Å². The number of carboxylic acid groups (broad SMARTS) is 1. The number of hydrogen-bond acceptors (Lipinski definition) is 6. The van der Waals surface area contributed by atoms with Gasteiger partial charge in [-0.2, -0.15) is 5.26 Å². The molecule has 142 valence electrons. The minimum absolute atomic E-state index is 0.0504. The second-order valence-electron chi connectivity index (χ2n) is 7.32. The van der Waals surface area contributed by atoms with Gasteiger partial charge < -0.3 is 15.3 Å². The first-order chi connectivity index (χ1) is 12.8. The van der Waals surface area contributed by atoms with E-state index in [9.17, 15) is 14.4 Å². The number of anilines is 1. The predicted molar refractivity (Wildman–Crippen MR) is 99.2 cm³/mol. The number of hydrogen-bond donors (Lipinski definition) is 2. The van der Waals surface area contributed by atoms with Crippen LogP contribution in [-0.2, 0) is 4.79 Å². The number of nitrogens with zero attached hydrogens (tertiary/aromatic N) is 4. The Morgan fingerprint density at radius 2 is 2.11 bits per heavy atom. The quantitative estimate of drug-likeness (QED) is 0.830. The molecule has 27 heavy (non-hydrogen) atoms. The van der Waals surface area contributed by atoms with Gasteiger partial charge in [0.15, 0.2) is 0 Å². The number of benzene rings is 1. The Balaban J connectivity index is 1.84. The second kappa shape index (κ2) is 7.45. The molecule has 0 amide bonds. The first kappa shape index (κ1) is 19.0. The van der Waals surface area contributed by atoms with Gasteiger partial charge in [0.1, 0.15) is 17.1 Å². The normalized spacial score (nSPS) is 22.2. The van der Waals surface area contributed by atoms with Gasteiger partial charge in [0.05, 0.1) is 11.3 Å². The summed E-state index contributed by atoms with van der Waals surface area (Å²) in [5, 5.41) is 21.3. The lowest BCUT2D eigenvalue weighted by Crippen LogP contribution is -2.52. The molecule has 1 aliphatic rings. The number of carbonyl (C=O) groups is 1. The number of rotatable bonds is 5. The van der Waals surface area contributed by atoms with Gasteiger partial charge in [-0.3, -0.25) is 9.97 Å². The summed E-state index contributed by atoms with van der Waals surface area (Å²) in [6, 6.07) is 5.68. The van der Waals surface area contributed by atoms with Gasteiger partial charge in [0, 0.05) is 38.1 Å². The number of nitrogens with one attached hydrogen (secondary N) is 1. The highest BCUT2D eigenvalue weighted by Gasteiger charge is 2.34. The van der Waals surface area contributed by atoms with Crippen molar-refractivity contribution in [3.05, 3.63) is 30.1 Å². The molecule has 1 unspecified atom stereocenters. The summed E-state index contributed by atoms with van der Waals surface area (Å²) in [4.78, 5) is 21.8. The minimum atomic E-state index is -2.31. The van der Waals surface area contributed by atoms with Crippen LogP contribution >= 0.6 is 0 Å². The van der Waals surface area contributed by atoms with E-state index >= 15 is 0 Å². The molecule has 8 heteroatoms. The Kier molecular flexibility index (Phi) is 5.24. The Morgan fingerprint density at radius 3 is 2.78 bits per heavy atom. The molecule has 3 atom stereocenters. The fourth-order valence-electron chi connectivity index (χ4n) is 3.50. The molecule has 1 aromatic heterocycles. The van der Waals surface area contributed by atoms with E-state index in [1.165, 1.54) is 0 Å². The smallest absolute Gasteiger partial charge is 0.342 e. The third-order valence-electron chi connectivity index (χ3n) is 4.89. The first-order valence-electron chi connectivity index (χ1n) is 8.86. The maximum Gasteiger partial charge on any atom is 0.342 e. The molecule has 3 rings (SSSR count). The molecule has 0 saturated carbocycles. The van der Waals surface area contributed by atoms with Crippen molar-refractivity contribution < 1.29 is 14.3 Å². The summed E-state index contributed by atoms with van der Waals surface area (Å²) < 4.78 is 14.1. The van der Waals surface area contributed by atoms with Crippen LogP contribution in [0.1, 0.15) is 25.8 Å². The van der Waals surface area contributed by atoms with Crippen molar-refractivity contribution in [2.24, 2.45) is 5.92 Å². The highest BCUT2D eigenvalue weighted by Crippen LogP contribution is 2.30. The summed E-state index contributed by atoms with van der Waals surface area (Å²) in [5.74, 6) is -1.14. The standard InChI is InChI=1S/C19H22FN5O2/c1-12-7-14(24-11-19(2,20)18(26)27)10-25(9-12)15-4-3-13(8-21)16-17(15)23-6-5-22-16/h3-6,12,14,24H,7,9-11H2,1-2H3,(H,26,27)/t12-,14+,19?/m0/s1. The van der Waals surface area contributed by atoms with Gasteiger partial charge in [-0.15, -0.1) is 0 Å². The largest absolute Gasteiger partial charge is 0.479 e. The van der Waals surface area contributed by atoms with Gasteiger partial charge in [-0.25, -0.2) is 9.18 Å². The lowest BCUT2D eigenvalue weighted by atomic mass is 9.94. The molecule has 2 N–H and O–H groups in total.